The predicted molar refractivity (Wildman–Crippen MR) is 253 cm³/mol. The molecule has 67 heavy (non-hydrogen) atoms. The lowest BCUT2D eigenvalue weighted by Gasteiger charge is -2.29. The first-order valence-electron chi connectivity index (χ1n) is 20.6. The number of primary amides is 2. The highest BCUT2D eigenvalue weighted by atomic mass is 35.5. The standard InChI is InChI=1S/C25H23ClN2O5S.C24H21ClN2O5S/c1-33-24(30)25(15-22(25)19-5-3-2-4-6-19)28(16-23(27)29)34(31,32)21-13-9-18(10-14-21)17-7-11-20(26)12-8-17;25-19-10-6-16(7-11-19)17-8-12-20(13-9-17)33(31,32)27(15-22(26)28)24(23(29)30)14-21(24)18-4-2-1-3-5-18/h2-14,22H,15-16H2,1H3,(H2,27,29);1-13,21H,14-15H2,(H2,26,28)(H,29,30). The van der Waals surface area contributed by atoms with E-state index in [-0.39, 0.29) is 22.6 Å². The minimum atomic E-state index is -4.35. The molecule has 8 rings (SSSR count). The SMILES string of the molecule is COC(=O)C1(N(CC(N)=O)S(=O)(=O)c2ccc(-c3ccc(Cl)cc3)cc2)CC1c1ccccc1.NC(=O)CN(C1(C(=O)O)CC1c1ccccc1)S(=O)(=O)c1ccc(-c2ccc(Cl)cc2)cc1. The highest BCUT2D eigenvalue weighted by Crippen LogP contribution is 2.58. The van der Waals surface area contributed by atoms with Crippen LogP contribution in [0.4, 0.5) is 0 Å². The quantitative estimate of drug-likeness (QED) is 0.0836. The molecule has 0 aromatic heterocycles. The lowest BCUT2D eigenvalue weighted by atomic mass is 10.1. The monoisotopic (exact) mass is 982 g/mol. The second-order valence-electron chi connectivity index (χ2n) is 16.0. The third-order valence-electron chi connectivity index (χ3n) is 11.9. The van der Waals surface area contributed by atoms with Gasteiger partial charge in [-0.25, -0.2) is 21.6 Å². The minimum Gasteiger partial charge on any atom is -0.480 e. The molecule has 2 aliphatic rings. The molecular weight excluding hydrogens is 940 g/mol. The maximum Gasteiger partial charge on any atom is 0.328 e. The van der Waals surface area contributed by atoms with Crippen molar-refractivity contribution in [3.05, 3.63) is 179 Å². The van der Waals surface area contributed by atoms with Crippen molar-refractivity contribution in [2.45, 2.75) is 45.5 Å². The van der Waals surface area contributed by atoms with Gasteiger partial charge < -0.3 is 21.3 Å². The number of esters is 1. The van der Waals surface area contributed by atoms with E-state index in [1.54, 1.807) is 103 Å². The van der Waals surface area contributed by atoms with Crippen LogP contribution in [0.3, 0.4) is 0 Å². The second-order valence-corrected chi connectivity index (χ2v) is 20.6. The van der Waals surface area contributed by atoms with Crippen LogP contribution in [0.15, 0.2) is 168 Å². The summed E-state index contributed by atoms with van der Waals surface area (Å²) < 4.78 is 61.2. The fraction of sp³-hybridized carbons (Fsp3) is 0.184. The van der Waals surface area contributed by atoms with E-state index in [9.17, 15) is 41.1 Å². The lowest BCUT2D eigenvalue weighted by molar-refractivity contribution is -0.147. The molecule has 2 amide bonds. The number of amides is 2. The summed E-state index contributed by atoms with van der Waals surface area (Å²) in [6.45, 7) is -1.39. The number of carboxylic acid groups (broad SMARTS) is 1. The van der Waals surface area contributed by atoms with Gasteiger partial charge in [0, 0.05) is 21.9 Å². The van der Waals surface area contributed by atoms with Crippen LogP contribution < -0.4 is 11.5 Å². The first kappa shape index (κ1) is 48.5. The zero-order chi connectivity index (χ0) is 48.3. The summed E-state index contributed by atoms with van der Waals surface area (Å²) in [5, 5.41) is 11.2. The summed E-state index contributed by atoms with van der Waals surface area (Å²) in [6, 6.07) is 44.2. The zero-order valence-electron chi connectivity index (χ0n) is 35.7. The molecule has 14 nitrogen and oxygen atoms in total. The van der Waals surface area contributed by atoms with Gasteiger partial charge in [0.1, 0.15) is 11.1 Å². The molecule has 0 bridgehead atoms. The summed E-state index contributed by atoms with van der Waals surface area (Å²) in [5.41, 5.74) is 12.1. The number of nitrogens with two attached hydrogens (primary N) is 2. The van der Waals surface area contributed by atoms with E-state index in [0.29, 0.717) is 15.6 Å². The van der Waals surface area contributed by atoms with E-state index in [1.165, 1.54) is 31.4 Å². The van der Waals surface area contributed by atoms with Gasteiger partial charge in [-0.1, -0.05) is 132 Å². The molecule has 6 aromatic carbocycles. The van der Waals surface area contributed by atoms with Crippen LogP contribution in [0.5, 0.6) is 0 Å². The zero-order valence-corrected chi connectivity index (χ0v) is 38.9. The Balaban J connectivity index is 0.000000199. The molecule has 18 heteroatoms. The van der Waals surface area contributed by atoms with Gasteiger partial charge in [0.2, 0.25) is 31.9 Å². The van der Waals surface area contributed by atoms with Gasteiger partial charge in [-0.15, -0.1) is 0 Å². The van der Waals surface area contributed by atoms with E-state index < -0.39 is 79.8 Å². The normalized spacial score (nSPS) is 19.7. The first-order valence-corrected chi connectivity index (χ1v) is 24.3. The molecule has 0 heterocycles. The summed E-state index contributed by atoms with van der Waals surface area (Å²) in [5.74, 6) is -4.93. The topological polar surface area (TPSA) is 225 Å². The van der Waals surface area contributed by atoms with Crippen molar-refractivity contribution >= 4 is 67.0 Å². The van der Waals surface area contributed by atoms with Crippen molar-refractivity contribution < 1.29 is 45.9 Å². The van der Waals surface area contributed by atoms with Crippen molar-refractivity contribution in [2.75, 3.05) is 20.2 Å². The molecule has 0 spiro atoms. The Hall–Kier alpha value is -6.40. The van der Waals surface area contributed by atoms with Crippen LogP contribution >= 0.6 is 23.2 Å². The number of aliphatic carboxylic acids is 1. The van der Waals surface area contributed by atoms with Gasteiger partial charge in [0.25, 0.3) is 0 Å². The number of carbonyl (C=O) groups excluding carboxylic acids is 3. The second kappa shape index (κ2) is 19.4. The maximum atomic E-state index is 13.7. The van der Waals surface area contributed by atoms with Gasteiger partial charge in [0.15, 0.2) is 0 Å². The summed E-state index contributed by atoms with van der Waals surface area (Å²) in [4.78, 5) is 48.9. The fourth-order valence-electron chi connectivity index (χ4n) is 8.40. The van der Waals surface area contributed by atoms with Crippen LogP contribution in [0.25, 0.3) is 22.3 Å². The van der Waals surface area contributed by atoms with Crippen molar-refractivity contribution in [1.29, 1.82) is 0 Å². The minimum absolute atomic E-state index is 0.0434. The molecule has 346 valence electrons. The predicted octanol–water partition coefficient (Wildman–Crippen LogP) is 7.08. The molecule has 0 saturated heterocycles. The summed E-state index contributed by atoms with van der Waals surface area (Å²) >= 11 is 11.9. The smallest absolute Gasteiger partial charge is 0.328 e. The number of nitrogens with zero attached hydrogens (tertiary/aromatic N) is 2. The van der Waals surface area contributed by atoms with E-state index in [1.807, 2.05) is 30.3 Å². The Bertz CT molecular complexity index is 3020. The molecule has 0 radical (unpaired) electrons. The third kappa shape index (κ3) is 9.86. The number of carbonyl (C=O) groups is 4. The molecule has 5 N–H and O–H groups in total. The average Bonchev–Trinajstić information content (AvgIpc) is 4.26. The number of halogens is 2. The number of hydrogen-bond donors (Lipinski definition) is 3. The number of sulfonamides is 2. The van der Waals surface area contributed by atoms with Crippen molar-refractivity contribution in [2.24, 2.45) is 11.5 Å². The Morgan fingerprint density at radius 1 is 0.552 bits per heavy atom. The molecule has 0 aliphatic heterocycles. The maximum absolute atomic E-state index is 13.7. The molecule has 2 fully saturated rings. The van der Waals surface area contributed by atoms with Gasteiger partial charge >= 0.3 is 11.9 Å². The number of hydrogen-bond acceptors (Lipinski definition) is 9. The molecule has 2 aliphatic carbocycles. The van der Waals surface area contributed by atoms with E-state index in [2.05, 4.69) is 0 Å². The highest BCUT2D eigenvalue weighted by Gasteiger charge is 2.69. The van der Waals surface area contributed by atoms with Gasteiger partial charge in [-0.3, -0.25) is 14.4 Å². The summed E-state index contributed by atoms with van der Waals surface area (Å²) in [7, 11) is -7.44. The molecule has 4 unspecified atom stereocenters. The Kier molecular flexibility index (Phi) is 14.1. The van der Waals surface area contributed by atoms with E-state index in [4.69, 9.17) is 39.4 Å². The largest absolute Gasteiger partial charge is 0.480 e. The van der Waals surface area contributed by atoms with Crippen LogP contribution in [-0.2, 0) is 44.0 Å². The van der Waals surface area contributed by atoms with Crippen molar-refractivity contribution in [3.63, 3.8) is 0 Å². The van der Waals surface area contributed by atoms with Crippen molar-refractivity contribution in [1.82, 2.24) is 8.61 Å². The van der Waals surface area contributed by atoms with Crippen LogP contribution in [0.2, 0.25) is 10.0 Å². The highest BCUT2D eigenvalue weighted by molar-refractivity contribution is 7.89. The molecule has 6 aromatic rings. The number of benzene rings is 6. The number of carboxylic acids is 1. The molecule has 2 saturated carbocycles. The Morgan fingerprint density at radius 3 is 1.19 bits per heavy atom. The van der Waals surface area contributed by atoms with Crippen LogP contribution in [0, 0.1) is 0 Å². The van der Waals surface area contributed by atoms with Gasteiger partial charge in [-0.2, -0.15) is 8.61 Å². The molecular formula is C49H44Cl2N4O10S2. The van der Waals surface area contributed by atoms with Crippen LogP contribution in [0.1, 0.15) is 35.8 Å². The number of ether oxygens (including phenoxy) is 1. The van der Waals surface area contributed by atoms with Gasteiger partial charge in [0.05, 0.1) is 30.0 Å². The molecule has 4 atom stereocenters. The summed E-state index contributed by atoms with van der Waals surface area (Å²) in [6.07, 6.45) is 0.223. The van der Waals surface area contributed by atoms with Crippen molar-refractivity contribution in [3.8, 4) is 22.3 Å². The van der Waals surface area contributed by atoms with E-state index >= 15 is 0 Å². The van der Waals surface area contributed by atoms with E-state index in [0.717, 1.165) is 36.4 Å². The van der Waals surface area contributed by atoms with Crippen LogP contribution in [-0.4, -0.2) is 85.6 Å². The number of methoxy groups -OCH3 is 1. The Morgan fingerprint density at radius 2 is 0.866 bits per heavy atom. The van der Waals surface area contributed by atoms with Gasteiger partial charge in [-0.05, 0) is 94.8 Å². The lowest BCUT2D eigenvalue weighted by Crippen LogP contribution is -2.52. The average molecular weight is 984 g/mol. The first-order chi connectivity index (χ1) is 31.9. The third-order valence-corrected chi connectivity index (χ3v) is 16.2. The Labute approximate surface area is 397 Å². The number of rotatable bonds is 16. The fourth-order valence-corrected chi connectivity index (χ4v) is 12.1.